The van der Waals surface area contributed by atoms with Gasteiger partial charge in [-0.05, 0) is 51.1 Å². The Morgan fingerprint density at radius 1 is 1.21 bits per heavy atom. The topological polar surface area (TPSA) is 50.4 Å². The lowest BCUT2D eigenvalue weighted by Gasteiger charge is -2.31. The molecule has 1 heterocycles. The van der Waals surface area contributed by atoms with E-state index in [0.717, 1.165) is 38.3 Å². The van der Waals surface area contributed by atoms with Crippen LogP contribution >= 0.6 is 0 Å². The van der Waals surface area contributed by atoms with Crippen molar-refractivity contribution in [1.29, 1.82) is 0 Å². The fourth-order valence-corrected chi connectivity index (χ4v) is 3.33. The standard InChI is InChI=1S/C15H28N2O2/c1-19-14-5-3-2-4-13(14)17-15(18)7-6-12-8-10-16-11-9-12/h12-14,16H,2-11H2,1H3,(H,17,18). The highest BCUT2D eigenvalue weighted by molar-refractivity contribution is 5.76. The van der Waals surface area contributed by atoms with Crippen molar-refractivity contribution in [2.45, 2.75) is 63.5 Å². The predicted octanol–water partition coefficient (Wildman–Crippen LogP) is 1.84. The van der Waals surface area contributed by atoms with Gasteiger partial charge >= 0.3 is 0 Å². The van der Waals surface area contributed by atoms with Gasteiger partial charge in [0.2, 0.25) is 5.91 Å². The van der Waals surface area contributed by atoms with E-state index in [-0.39, 0.29) is 18.1 Å². The second-order valence-electron chi connectivity index (χ2n) is 5.96. The van der Waals surface area contributed by atoms with Gasteiger partial charge in [-0.2, -0.15) is 0 Å². The van der Waals surface area contributed by atoms with Crippen molar-refractivity contribution in [3.8, 4) is 0 Å². The van der Waals surface area contributed by atoms with Crippen molar-refractivity contribution in [1.82, 2.24) is 10.6 Å². The number of hydrogen-bond donors (Lipinski definition) is 2. The van der Waals surface area contributed by atoms with Crippen LogP contribution in [0.1, 0.15) is 51.4 Å². The van der Waals surface area contributed by atoms with Gasteiger partial charge < -0.3 is 15.4 Å². The molecule has 0 aromatic heterocycles. The Morgan fingerprint density at radius 2 is 1.95 bits per heavy atom. The van der Waals surface area contributed by atoms with Gasteiger partial charge in [-0.15, -0.1) is 0 Å². The van der Waals surface area contributed by atoms with Gasteiger partial charge in [-0.1, -0.05) is 12.8 Å². The average molecular weight is 268 g/mol. The second kappa shape index (κ2) is 7.85. The highest BCUT2D eigenvalue weighted by Crippen LogP contribution is 2.22. The summed E-state index contributed by atoms with van der Waals surface area (Å²) in [6.07, 6.45) is 8.95. The second-order valence-corrected chi connectivity index (χ2v) is 5.96. The highest BCUT2D eigenvalue weighted by Gasteiger charge is 2.26. The van der Waals surface area contributed by atoms with Crippen LogP contribution in [0.3, 0.4) is 0 Å². The molecule has 0 bridgehead atoms. The molecule has 0 aromatic carbocycles. The third kappa shape index (κ3) is 4.77. The summed E-state index contributed by atoms with van der Waals surface area (Å²) >= 11 is 0. The number of carbonyl (C=O) groups is 1. The van der Waals surface area contributed by atoms with Gasteiger partial charge in [0, 0.05) is 13.5 Å². The van der Waals surface area contributed by atoms with Gasteiger partial charge in [-0.3, -0.25) is 4.79 Å². The zero-order chi connectivity index (χ0) is 13.5. The molecule has 2 rings (SSSR count). The van der Waals surface area contributed by atoms with E-state index in [9.17, 15) is 4.79 Å². The molecule has 4 heteroatoms. The number of ether oxygens (including phenoxy) is 1. The van der Waals surface area contributed by atoms with Gasteiger partial charge in [0.1, 0.15) is 0 Å². The van der Waals surface area contributed by atoms with Crippen molar-refractivity contribution in [3.05, 3.63) is 0 Å². The molecule has 1 amide bonds. The minimum Gasteiger partial charge on any atom is -0.379 e. The number of amides is 1. The smallest absolute Gasteiger partial charge is 0.220 e. The van der Waals surface area contributed by atoms with Crippen molar-refractivity contribution in [2.24, 2.45) is 5.92 Å². The molecule has 0 aromatic rings. The molecule has 4 nitrogen and oxygen atoms in total. The summed E-state index contributed by atoms with van der Waals surface area (Å²) in [5.74, 6) is 0.948. The normalized spacial score (nSPS) is 29.1. The lowest BCUT2D eigenvalue weighted by atomic mass is 9.91. The zero-order valence-corrected chi connectivity index (χ0v) is 12.1. The van der Waals surface area contributed by atoms with Crippen molar-refractivity contribution in [3.63, 3.8) is 0 Å². The summed E-state index contributed by atoms with van der Waals surface area (Å²) in [6, 6.07) is 0.235. The van der Waals surface area contributed by atoms with Crippen molar-refractivity contribution in [2.75, 3.05) is 20.2 Å². The maximum atomic E-state index is 12.0. The largest absolute Gasteiger partial charge is 0.379 e. The van der Waals surface area contributed by atoms with E-state index in [1.807, 2.05) is 0 Å². The molecule has 2 N–H and O–H groups in total. The third-order valence-corrected chi connectivity index (χ3v) is 4.59. The fraction of sp³-hybridized carbons (Fsp3) is 0.933. The Kier molecular flexibility index (Phi) is 6.11. The van der Waals surface area contributed by atoms with E-state index >= 15 is 0 Å². The van der Waals surface area contributed by atoms with E-state index < -0.39 is 0 Å². The number of methoxy groups -OCH3 is 1. The molecule has 1 aliphatic heterocycles. The molecule has 2 unspecified atom stereocenters. The van der Waals surface area contributed by atoms with Crippen LogP contribution in [-0.4, -0.2) is 38.3 Å². The van der Waals surface area contributed by atoms with Crippen LogP contribution in [0.25, 0.3) is 0 Å². The molecule has 19 heavy (non-hydrogen) atoms. The lowest BCUT2D eigenvalue weighted by Crippen LogP contribution is -2.46. The molecule has 1 aliphatic carbocycles. The van der Waals surface area contributed by atoms with E-state index in [0.29, 0.717) is 6.42 Å². The molecular weight excluding hydrogens is 240 g/mol. The van der Waals surface area contributed by atoms with Gasteiger partial charge in [-0.25, -0.2) is 0 Å². The van der Waals surface area contributed by atoms with Gasteiger partial charge in [0.15, 0.2) is 0 Å². The number of rotatable bonds is 5. The van der Waals surface area contributed by atoms with Crippen LogP contribution in [0.4, 0.5) is 0 Å². The number of nitrogens with one attached hydrogen (secondary N) is 2. The summed E-state index contributed by atoms with van der Waals surface area (Å²) in [5, 5.41) is 6.54. The summed E-state index contributed by atoms with van der Waals surface area (Å²) in [5.41, 5.74) is 0. The summed E-state index contributed by atoms with van der Waals surface area (Å²) in [6.45, 7) is 2.22. The Balaban J connectivity index is 1.67. The predicted molar refractivity (Wildman–Crippen MR) is 76.0 cm³/mol. The van der Waals surface area contributed by atoms with E-state index in [1.54, 1.807) is 7.11 Å². The first-order valence-corrected chi connectivity index (χ1v) is 7.82. The molecule has 110 valence electrons. The molecule has 2 atom stereocenters. The third-order valence-electron chi connectivity index (χ3n) is 4.59. The maximum absolute atomic E-state index is 12.0. The molecule has 1 saturated heterocycles. The molecule has 2 fully saturated rings. The Hall–Kier alpha value is -0.610. The van der Waals surface area contributed by atoms with Crippen LogP contribution in [0, 0.1) is 5.92 Å². The first-order chi connectivity index (χ1) is 9.29. The first-order valence-electron chi connectivity index (χ1n) is 7.82. The van der Waals surface area contributed by atoms with Gasteiger partial charge in [0.05, 0.1) is 12.1 Å². The monoisotopic (exact) mass is 268 g/mol. The maximum Gasteiger partial charge on any atom is 0.220 e. The van der Waals surface area contributed by atoms with E-state index in [1.165, 1.54) is 25.7 Å². The molecule has 0 spiro atoms. The van der Waals surface area contributed by atoms with Crippen molar-refractivity contribution < 1.29 is 9.53 Å². The average Bonchev–Trinajstić information content (AvgIpc) is 2.47. The molecule has 0 radical (unpaired) electrons. The van der Waals surface area contributed by atoms with Crippen LogP contribution in [0.15, 0.2) is 0 Å². The van der Waals surface area contributed by atoms with E-state index in [4.69, 9.17) is 4.74 Å². The summed E-state index contributed by atoms with van der Waals surface area (Å²) in [4.78, 5) is 12.0. The Morgan fingerprint density at radius 3 is 2.68 bits per heavy atom. The minimum absolute atomic E-state index is 0.215. The minimum atomic E-state index is 0.215. The number of hydrogen-bond acceptors (Lipinski definition) is 3. The number of piperidine rings is 1. The number of carbonyl (C=O) groups excluding carboxylic acids is 1. The Labute approximate surface area is 116 Å². The SMILES string of the molecule is COC1CCCCC1NC(=O)CCC1CCNCC1. The lowest BCUT2D eigenvalue weighted by molar-refractivity contribution is -0.123. The van der Waals surface area contributed by atoms with Crippen molar-refractivity contribution >= 4 is 5.91 Å². The van der Waals surface area contributed by atoms with Crippen LogP contribution in [-0.2, 0) is 9.53 Å². The van der Waals surface area contributed by atoms with Crippen LogP contribution in [0.2, 0.25) is 0 Å². The highest BCUT2D eigenvalue weighted by atomic mass is 16.5. The fourth-order valence-electron chi connectivity index (χ4n) is 3.33. The van der Waals surface area contributed by atoms with E-state index in [2.05, 4.69) is 10.6 Å². The summed E-state index contributed by atoms with van der Waals surface area (Å²) < 4.78 is 5.48. The zero-order valence-electron chi connectivity index (χ0n) is 12.1. The van der Waals surface area contributed by atoms with Crippen LogP contribution in [0.5, 0.6) is 0 Å². The molecular formula is C15H28N2O2. The first kappa shape index (κ1) is 14.8. The van der Waals surface area contributed by atoms with Gasteiger partial charge in [0.25, 0.3) is 0 Å². The molecule has 1 saturated carbocycles. The summed E-state index contributed by atoms with van der Waals surface area (Å²) in [7, 11) is 1.75. The quantitative estimate of drug-likeness (QED) is 0.800. The Bertz CT molecular complexity index is 277. The van der Waals surface area contributed by atoms with Crippen LogP contribution < -0.4 is 10.6 Å². The molecule has 2 aliphatic rings.